The van der Waals surface area contributed by atoms with Crippen LogP contribution in [0.2, 0.25) is 5.02 Å². The van der Waals surface area contributed by atoms with Crippen LogP contribution in [0, 0.1) is 5.92 Å². The van der Waals surface area contributed by atoms with Gasteiger partial charge >= 0.3 is 0 Å². The smallest absolute Gasteiger partial charge is 0.242 e. The maximum absolute atomic E-state index is 12.4. The Labute approximate surface area is 181 Å². The van der Waals surface area contributed by atoms with E-state index >= 15 is 0 Å². The molecule has 0 N–H and O–H groups in total. The predicted molar refractivity (Wildman–Crippen MR) is 115 cm³/mol. The zero-order valence-electron chi connectivity index (χ0n) is 17.9. The van der Waals surface area contributed by atoms with Crippen molar-refractivity contribution < 1.29 is 14.3 Å². The van der Waals surface area contributed by atoms with Crippen molar-refractivity contribution in [3.05, 3.63) is 28.5 Å². The lowest BCUT2D eigenvalue weighted by atomic mass is 10.1. The fourth-order valence-electron chi connectivity index (χ4n) is 3.88. The summed E-state index contributed by atoms with van der Waals surface area (Å²) in [5.41, 5.74) is 0.962. The number of hydrogen-bond acceptors (Lipinski definition) is 6. The number of aromatic nitrogens is 3. The number of piperazine rings is 1. The second-order valence-electron chi connectivity index (χ2n) is 8.20. The van der Waals surface area contributed by atoms with Crippen LogP contribution in [0.3, 0.4) is 0 Å². The van der Waals surface area contributed by atoms with Crippen molar-refractivity contribution in [3.63, 3.8) is 0 Å². The number of methoxy groups -OCH3 is 2. The standard InChI is InChI=1S/C21H28ClN5O3/c1-13-10-26(12-19(28)25(13)2)21-24-23-18(9-14-5-6-14)27(21)11-15-7-16(22)20(30-4)17(8-15)29-3/h7-8,13-14H,5-6,9-12H2,1-4H3. The number of halogens is 1. The second-order valence-corrected chi connectivity index (χ2v) is 8.60. The molecule has 0 spiro atoms. The van der Waals surface area contributed by atoms with Gasteiger partial charge in [0.1, 0.15) is 5.82 Å². The molecule has 1 amide bonds. The van der Waals surface area contributed by atoms with E-state index in [1.54, 1.807) is 19.1 Å². The fourth-order valence-corrected chi connectivity index (χ4v) is 4.19. The van der Waals surface area contributed by atoms with Crippen LogP contribution in [0.4, 0.5) is 5.95 Å². The Kier molecular flexibility index (Phi) is 5.77. The third-order valence-corrected chi connectivity index (χ3v) is 6.24. The normalized spacial score (nSPS) is 19.4. The van der Waals surface area contributed by atoms with E-state index in [0.717, 1.165) is 30.3 Å². The molecule has 8 nitrogen and oxygen atoms in total. The summed E-state index contributed by atoms with van der Waals surface area (Å²) < 4.78 is 12.9. The lowest BCUT2D eigenvalue weighted by Gasteiger charge is -2.37. The molecule has 2 heterocycles. The van der Waals surface area contributed by atoms with Crippen LogP contribution >= 0.6 is 11.6 Å². The van der Waals surface area contributed by atoms with Gasteiger partial charge in [-0.1, -0.05) is 11.6 Å². The molecule has 1 saturated heterocycles. The Morgan fingerprint density at radius 1 is 1.20 bits per heavy atom. The summed E-state index contributed by atoms with van der Waals surface area (Å²) in [6, 6.07) is 3.91. The predicted octanol–water partition coefficient (Wildman–Crippen LogP) is 2.62. The van der Waals surface area contributed by atoms with Crippen molar-refractivity contribution in [2.24, 2.45) is 5.92 Å². The van der Waals surface area contributed by atoms with E-state index in [-0.39, 0.29) is 11.9 Å². The van der Waals surface area contributed by atoms with Gasteiger partial charge in [-0.15, -0.1) is 10.2 Å². The van der Waals surface area contributed by atoms with E-state index < -0.39 is 0 Å². The number of amides is 1. The zero-order chi connectivity index (χ0) is 21.4. The average Bonchev–Trinajstić information content (AvgIpc) is 3.45. The summed E-state index contributed by atoms with van der Waals surface area (Å²) in [6.45, 7) is 3.61. The number of carbonyl (C=O) groups excluding carboxylic acids is 1. The SMILES string of the molecule is COc1cc(Cn2c(CC3CC3)nnc2N2CC(=O)N(C)C(C)C2)cc(Cl)c1OC. The maximum atomic E-state index is 12.4. The largest absolute Gasteiger partial charge is 0.493 e. The molecule has 1 aliphatic carbocycles. The van der Waals surface area contributed by atoms with Gasteiger partial charge in [-0.3, -0.25) is 9.36 Å². The third kappa shape index (κ3) is 4.05. The topological polar surface area (TPSA) is 72.7 Å². The Morgan fingerprint density at radius 3 is 2.60 bits per heavy atom. The minimum absolute atomic E-state index is 0.0844. The first kappa shape index (κ1) is 20.8. The van der Waals surface area contributed by atoms with Gasteiger partial charge < -0.3 is 19.3 Å². The van der Waals surface area contributed by atoms with Gasteiger partial charge in [0.25, 0.3) is 0 Å². The molecule has 30 heavy (non-hydrogen) atoms. The summed E-state index contributed by atoms with van der Waals surface area (Å²) in [5.74, 6) is 3.52. The highest BCUT2D eigenvalue weighted by Gasteiger charge is 2.32. The van der Waals surface area contributed by atoms with Gasteiger partial charge in [0, 0.05) is 26.1 Å². The number of benzene rings is 1. The Bertz CT molecular complexity index is 943. The summed E-state index contributed by atoms with van der Waals surface area (Å²) in [6.07, 6.45) is 3.36. The molecule has 0 radical (unpaired) electrons. The van der Waals surface area contributed by atoms with Gasteiger partial charge in [0.2, 0.25) is 11.9 Å². The van der Waals surface area contributed by atoms with E-state index in [0.29, 0.717) is 35.5 Å². The van der Waals surface area contributed by atoms with Crippen LogP contribution in [-0.2, 0) is 17.8 Å². The van der Waals surface area contributed by atoms with Crippen LogP contribution in [0.5, 0.6) is 11.5 Å². The molecule has 2 fully saturated rings. The molecule has 4 rings (SSSR count). The molecule has 1 saturated carbocycles. The Morgan fingerprint density at radius 2 is 1.97 bits per heavy atom. The molecule has 1 unspecified atom stereocenters. The first-order chi connectivity index (χ1) is 14.4. The van der Waals surface area contributed by atoms with Crippen molar-refractivity contribution in [2.75, 3.05) is 39.3 Å². The first-order valence-electron chi connectivity index (χ1n) is 10.2. The number of ether oxygens (including phenoxy) is 2. The van der Waals surface area contributed by atoms with Crippen molar-refractivity contribution in [3.8, 4) is 11.5 Å². The molecule has 0 bridgehead atoms. The number of hydrogen-bond donors (Lipinski definition) is 0. The number of carbonyl (C=O) groups is 1. The molecule has 2 aliphatic rings. The van der Waals surface area contributed by atoms with Gasteiger partial charge in [0.15, 0.2) is 11.5 Å². The van der Waals surface area contributed by atoms with Crippen LogP contribution in [0.25, 0.3) is 0 Å². The van der Waals surface area contributed by atoms with Crippen LogP contribution < -0.4 is 14.4 Å². The molecule has 1 aromatic carbocycles. The lowest BCUT2D eigenvalue weighted by Crippen LogP contribution is -2.54. The van der Waals surface area contributed by atoms with E-state index in [1.807, 2.05) is 31.0 Å². The van der Waals surface area contributed by atoms with Crippen LogP contribution in [-0.4, -0.2) is 66.0 Å². The van der Waals surface area contributed by atoms with Crippen molar-refractivity contribution in [1.82, 2.24) is 19.7 Å². The Balaban J connectivity index is 1.68. The van der Waals surface area contributed by atoms with E-state index in [9.17, 15) is 4.79 Å². The summed E-state index contributed by atoms with van der Waals surface area (Å²) in [5, 5.41) is 9.48. The summed E-state index contributed by atoms with van der Waals surface area (Å²) in [4.78, 5) is 16.2. The molecular formula is C21H28ClN5O3. The number of likely N-dealkylation sites (N-methyl/N-ethyl adjacent to an activating group) is 1. The fraction of sp³-hybridized carbons (Fsp3) is 0.571. The third-order valence-electron chi connectivity index (χ3n) is 5.96. The van der Waals surface area contributed by atoms with Gasteiger partial charge in [-0.2, -0.15) is 0 Å². The molecule has 9 heteroatoms. The lowest BCUT2D eigenvalue weighted by molar-refractivity contribution is -0.131. The minimum Gasteiger partial charge on any atom is -0.493 e. The summed E-state index contributed by atoms with van der Waals surface area (Å²) >= 11 is 6.42. The number of nitrogens with zero attached hydrogens (tertiary/aromatic N) is 5. The van der Waals surface area contributed by atoms with Crippen molar-refractivity contribution in [2.45, 2.75) is 38.8 Å². The van der Waals surface area contributed by atoms with Crippen LogP contribution in [0.1, 0.15) is 31.2 Å². The highest BCUT2D eigenvalue weighted by atomic mass is 35.5. The Hall–Kier alpha value is -2.48. The molecular weight excluding hydrogens is 406 g/mol. The van der Waals surface area contributed by atoms with Gasteiger partial charge in [0.05, 0.1) is 32.3 Å². The number of rotatable bonds is 7. The summed E-state index contributed by atoms with van der Waals surface area (Å²) in [7, 11) is 5.01. The number of anilines is 1. The van der Waals surface area contributed by atoms with E-state index in [2.05, 4.69) is 14.8 Å². The molecule has 162 valence electrons. The quantitative estimate of drug-likeness (QED) is 0.668. The zero-order valence-corrected chi connectivity index (χ0v) is 18.6. The monoisotopic (exact) mass is 433 g/mol. The minimum atomic E-state index is 0.0844. The average molecular weight is 434 g/mol. The van der Waals surface area contributed by atoms with E-state index in [1.165, 1.54) is 12.8 Å². The van der Waals surface area contributed by atoms with Gasteiger partial charge in [-0.05, 0) is 43.4 Å². The molecule has 1 aromatic heterocycles. The first-order valence-corrected chi connectivity index (χ1v) is 10.6. The molecule has 1 atom stereocenters. The van der Waals surface area contributed by atoms with Crippen LogP contribution in [0.15, 0.2) is 12.1 Å². The highest BCUT2D eigenvalue weighted by Crippen LogP contribution is 2.37. The highest BCUT2D eigenvalue weighted by molar-refractivity contribution is 6.32. The maximum Gasteiger partial charge on any atom is 0.242 e. The molecule has 2 aromatic rings. The van der Waals surface area contributed by atoms with Crippen molar-refractivity contribution in [1.29, 1.82) is 0 Å². The van der Waals surface area contributed by atoms with E-state index in [4.69, 9.17) is 21.1 Å². The van der Waals surface area contributed by atoms with Gasteiger partial charge in [-0.25, -0.2) is 0 Å². The second kappa shape index (κ2) is 8.34. The van der Waals surface area contributed by atoms with Crippen molar-refractivity contribution >= 4 is 23.5 Å². The molecule has 1 aliphatic heterocycles.